The molecular weight excluding hydrogens is 176 g/mol. The molecular formula is C12H16O2. The molecule has 2 heteroatoms. The number of allylic oxidation sites excluding steroid dienone is 4. The second kappa shape index (κ2) is 4.89. The monoisotopic (exact) mass is 192 g/mol. The van der Waals surface area contributed by atoms with E-state index in [1.807, 2.05) is 19.1 Å². The van der Waals surface area contributed by atoms with Crippen molar-refractivity contribution in [1.82, 2.24) is 0 Å². The van der Waals surface area contributed by atoms with Crippen molar-refractivity contribution in [2.24, 2.45) is 5.92 Å². The van der Waals surface area contributed by atoms with Crippen LogP contribution < -0.4 is 0 Å². The van der Waals surface area contributed by atoms with Crippen LogP contribution in [0.3, 0.4) is 0 Å². The smallest absolute Gasteiger partial charge is 0.156 e. The van der Waals surface area contributed by atoms with Crippen LogP contribution in [0.2, 0.25) is 0 Å². The van der Waals surface area contributed by atoms with E-state index >= 15 is 0 Å². The molecule has 0 bridgehead atoms. The highest BCUT2D eigenvalue weighted by molar-refractivity contribution is 6.01. The Morgan fingerprint density at radius 2 is 2.21 bits per heavy atom. The first kappa shape index (κ1) is 10.9. The van der Waals surface area contributed by atoms with Crippen molar-refractivity contribution in [1.29, 1.82) is 0 Å². The Morgan fingerprint density at radius 1 is 1.50 bits per heavy atom. The highest BCUT2D eigenvalue weighted by Crippen LogP contribution is 2.23. The molecule has 14 heavy (non-hydrogen) atoms. The summed E-state index contributed by atoms with van der Waals surface area (Å²) in [5.74, 6) is 0.0274. The molecule has 0 aromatic carbocycles. The Kier molecular flexibility index (Phi) is 3.81. The van der Waals surface area contributed by atoms with Crippen molar-refractivity contribution in [3.8, 4) is 0 Å². The lowest BCUT2D eigenvalue weighted by Crippen LogP contribution is -2.21. The predicted molar refractivity (Wildman–Crippen MR) is 55.9 cm³/mol. The average Bonchev–Trinajstić information content (AvgIpc) is 2.18. The standard InChI is InChI=1S/C12H16O2/c1-3-6-12(14)11-8-5-4-7-10(11)9(2)13/h4-5,7,11H,3,6,8H2,1-2H3. The lowest BCUT2D eigenvalue weighted by molar-refractivity contribution is -0.124. The first-order valence-corrected chi connectivity index (χ1v) is 5.07. The fourth-order valence-electron chi connectivity index (χ4n) is 1.72. The van der Waals surface area contributed by atoms with Gasteiger partial charge in [0.1, 0.15) is 5.78 Å². The first-order chi connectivity index (χ1) is 6.66. The molecule has 0 spiro atoms. The van der Waals surface area contributed by atoms with E-state index in [1.165, 1.54) is 6.92 Å². The molecule has 0 aromatic rings. The average molecular weight is 192 g/mol. The van der Waals surface area contributed by atoms with Crippen LogP contribution >= 0.6 is 0 Å². The van der Waals surface area contributed by atoms with Gasteiger partial charge in [0.2, 0.25) is 0 Å². The van der Waals surface area contributed by atoms with Gasteiger partial charge in [0.05, 0.1) is 0 Å². The predicted octanol–water partition coefficient (Wildman–Crippen LogP) is 2.45. The number of carbonyl (C=O) groups is 2. The molecule has 76 valence electrons. The minimum absolute atomic E-state index is 0.0174. The third-order valence-electron chi connectivity index (χ3n) is 2.45. The molecule has 1 aliphatic rings. The third-order valence-corrected chi connectivity index (χ3v) is 2.45. The minimum Gasteiger partial charge on any atom is -0.299 e. The quantitative estimate of drug-likeness (QED) is 0.685. The van der Waals surface area contributed by atoms with E-state index < -0.39 is 0 Å². The molecule has 1 unspecified atom stereocenters. The fourth-order valence-corrected chi connectivity index (χ4v) is 1.72. The summed E-state index contributed by atoms with van der Waals surface area (Å²) in [6.45, 7) is 3.50. The number of hydrogen-bond donors (Lipinski definition) is 0. The first-order valence-electron chi connectivity index (χ1n) is 5.07. The van der Waals surface area contributed by atoms with Crippen molar-refractivity contribution >= 4 is 11.6 Å². The van der Waals surface area contributed by atoms with Gasteiger partial charge < -0.3 is 0 Å². The van der Waals surface area contributed by atoms with E-state index in [-0.39, 0.29) is 17.5 Å². The molecule has 0 N–H and O–H groups in total. The zero-order valence-corrected chi connectivity index (χ0v) is 8.75. The van der Waals surface area contributed by atoms with Crippen LogP contribution in [0.1, 0.15) is 33.1 Å². The molecule has 0 aliphatic heterocycles. The Labute approximate surface area is 84.7 Å². The van der Waals surface area contributed by atoms with Gasteiger partial charge in [0.25, 0.3) is 0 Å². The van der Waals surface area contributed by atoms with Gasteiger partial charge in [-0.25, -0.2) is 0 Å². The van der Waals surface area contributed by atoms with Crippen molar-refractivity contribution in [2.45, 2.75) is 33.1 Å². The Balaban J connectivity index is 2.79. The Morgan fingerprint density at radius 3 is 2.79 bits per heavy atom. The third kappa shape index (κ3) is 2.41. The topological polar surface area (TPSA) is 34.1 Å². The number of ketones is 2. The normalized spacial score (nSPS) is 20.4. The van der Waals surface area contributed by atoms with Crippen molar-refractivity contribution < 1.29 is 9.59 Å². The maximum atomic E-state index is 11.7. The van der Waals surface area contributed by atoms with E-state index in [9.17, 15) is 9.59 Å². The molecule has 0 saturated carbocycles. The second-order valence-electron chi connectivity index (χ2n) is 3.61. The zero-order valence-electron chi connectivity index (χ0n) is 8.75. The van der Waals surface area contributed by atoms with E-state index in [1.54, 1.807) is 6.08 Å². The van der Waals surface area contributed by atoms with Crippen molar-refractivity contribution in [3.63, 3.8) is 0 Å². The molecule has 0 radical (unpaired) electrons. The maximum Gasteiger partial charge on any atom is 0.156 e. The van der Waals surface area contributed by atoms with Crippen LogP contribution in [0.5, 0.6) is 0 Å². The van der Waals surface area contributed by atoms with Gasteiger partial charge >= 0.3 is 0 Å². The lowest BCUT2D eigenvalue weighted by atomic mass is 9.84. The van der Waals surface area contributed by atoms with E-state index in [2.05, 4.69) is 0 Å². The summed E-state index contributed by atoms with van der Waals surface area (Å²) in [6, 6.07) is 0. The molecule has 0 amide bonds. The van der Waals surface area contributed by atoms with Gasteiger partial charge in [-0.1, -0.05) is 25.2 Å². The van der Waals surface area contributed by atoms with E-state index in [4.69, 9.17) is 0 Å². The SMILES string of the molecule is CCCC(=O)C1CC=CC=C1C(C)=O. The number of Topliss-reactive ketones (excluding diaryl/α,β-unsaturated/α-hetero) is 2. The summed E-state index contributed by atoms with van der Waals surface area (Å²) in [5.41, 5.74) is 0.672. The molecule has 0 saturated heterocycles. The minimum atomic E-state index is -0.183. The molecule has 1 rings (SSSR count). The lowest BCUT2D eigenvalue weighted by Gasteiger charge is -2.17. The van der Waals surface area contributed by atoms with Crippen LogP contribution in [0.25, 0.3) is 0 Å². The van der Waals surface area contributed by atoms with Gasteiger partial charge in [0.15, 0.2) is 5.78 Å². The summed E-state index contributed by atoms with van der Waals surface area (Å²) in [4.78, 5) is 22.9. The largest absolute Gasteiger partial charge is 0.299 e. The summed E-state index contributed by atoms with van der Waals surface area (Å²) in [5, 5.41) is 0. The van der Waals surface area contributed by atoms with Crippen LogP contribution in [0.4, 0.5) is 0 Å². The van der Waals surface area contributed by atoms with Gasteiger partial charge in [-0.2, -0.15) is 0 Å². The van der Waals surface area contributed by atoms with Crippen LogP contribution in [-0.2, 0) is 9.59 Å². The summed E-state index contributed by atoms with van der Waals surface area (Å²) >= 11 is 0. The van der Waals surface area contributed by atoms with Gasteiger partial charge in [-0.3, -0.25) is 9.59 Å². The van der Waals surface area contributed by atoms with Gasteiger partial charge in [-0.05, 0) is 19.8 Å². The Hall–Kier alpha value is -1.18. The second-order valence-corrected chi connectivity index (χ2v) is 3.61. The molecule has 1 atom stereocenters. The van der Waals surface area contributed by atoms with E-state index in [0.29, 0.717) is 18.4 Å². The molecule has 1 aliphatic carbocycles. The molecule has 0 fully saturated rings. The van der Waals surface area contributed by atoms with E-state index in [0.717, 1.165) is 6.42 Å². The highest BCUT2D eigenvalue weighted by atomic mass is 16.1. The molecule has 2 nitrogen and oxygen atoms in total. The number of carbonyl (C=O) groups excluding carboxylic acids is 2. The van der Waals surface area contributed by atoms with Crippen LogP contribution in [-0.4, -0.2) is 11.6 Å². The summed E-state index contributed by atoms with van der Waals surface area (Å²) in [6.07, 6.45) is 7.68. The number of rotatable bonds is 4. The van der Waals surface area contributed by atoms with Crippen LogP contribution in [0.15, 0.2) is 23.8 Å². The van der Waals surface area contributed by atoms with Crippen LogP contribution in [0, 0.1) is 5.92 Å². The number of hydrogen-bond acceptors (Lipinski definition) is 2. The maximum absolute atomic E-state index is 11.7. The zero-order chi connectivity index (χ0) is 10.6. The fraction of sp³-hybridized carbons (Fsp3) is 0.500. The van der Waals surface area contributed by atoms with Gasteiger partial charge in [0, 0.05) is 17.9 Å². The molecule has 0 heterocycles. The summed E-state index contributed by atoms with van der Waals surface area (Å²) in [7, 11) is 0. The van der Waals surface area contributed by atoms with Gasteiger partial charge in [-0.15, -0.1) is 0 Å². The summed E-state index contributed by atoms with van der Waals surface area (Å²) < 4.78 is 0. The van der Waals surface area contributed by atoms with Crippen molar-refractivity contribution in [2.75, 3.05) is 0 Å². The van der Waals surface area contributed by atoms with Crippen molar-refractivity contribution in [3.05, 3.63) is 23.8 Å². The molecule has 0 aromatic heterocycles. The Bertz CT molecular complexity index is 297. The highest BCUT2D eigenvalue weighted by Gasteiger charge is 2.24.